The standard InChI is InChI=1S/C24H29N3O3S/c1-15(2)12-13-30-19-7-4-6-18(14-19)23(29)27-24(31)26-21-9-5-8-20(16(21)3)25-22(28)17-10-11-17/h4-9,14-15,17H,10-13H2,1-3H3,(H,25,28)(H2,26,27,29,31). The first kappa shape index (κ1) is 22.7. The van der Waals surface area contributed by atoms with E-state index in [1.165, 1.54) is 0 Å². The van der Waals surface area contributed by atoms with Gasteiger partial charge in [0.25, 0.3) is 5.91 Å². The average Bonchev–Trinajstić information content (AvgIpc) is 3.56. The molecule has 31 heavy (non-hydrogen) atoms. The number of hydrogen-bond acceptors (Lipinski definition) is 4. The molecule has 0 bridgehead atoms. The minimum absolute atomic E-state index is 0.0478. The second kappa shape index (κ2) is 10.4. The maximum atomic E-state index is 12.6. The van der Waals surface area contributed by atoms with Crippen LogP contribution in [0.1, 0.15) is 49.0 Å². The Labute approximate surface area is 188 Å². The van der Waals surface area contributed by atoms with E-state index in [9.17, 15) is 9.59 Å². The fraction of sp³-hybridized carbons (Fsp3) is 0.375. The molecule has 1 saturated carbocycles. The maximum Gasteiger partial charge on any atom is 0.257 e. The van der Waals surface area contributed by atoms with Crippen LogP contribution in [0, 0.1) is 18.8 Å². The number of amides is 2. The Morgan fingerprint density at radius 3 is 2.45 bits per heavy atom. The summed E-state index contributed by atoms with van der Waals surface area (Å²) in [5, 5.41) is 8.89. The minimum atomic E-state index is -0.317. The number of hydrogen-bond donors (Lipinski definition) is 3. The van der Waals surface area contributed by atoms with Crippen molar-refractivity contribution < 1.29 is 14.3 Å². The zero-order valence-electron chi connectivity index (χ0n) is 18.2. The summed E-state index contributed by atoms with van der Waals surface area (Å²) in [5.74, 6) is 1.07. The Balaban J connectivity index is 1.58. The van der Waals surface area contributed by atoms with Crippen molar-refractivity contribution in [2.45, 2.75) is 40.0 Å². The van der Waals surface area contributed by atoms with E-state index in [0.717, 1.165) is 36.2 Å². The van der Waals surface area contributed by atoms with Crippen LogP contribution >= 0.6 is 12.2 Å². The number of nitrogens with one attached hydrogen (secondary N) is 3. The average molecular weight is 440 g/mol. The summed E-state index contributed by atoms with van der Waals surface area (Å²) in [5.41, 5.74) is 2.79. The lowest BCUT2D eigenvalue weighted by atomic mass is 10.1. The zero-order chi connectivity index (χ0) is 22.4. The third kappa shape index (κ3) is 6.79. The van der Waals surface area contributed by atoms with Gasteiger partial charge in [-0.15, -0.1) is 0 Å². The van der Waals surface area contributed by atoms with Crippen molar-refractivity contribution in [2.75, 3.05) is 17.2 Å². The quantitative estimate of drug-likeness (QED) is 0.510. The molecule has 1 fully saturated rings. The smallest absolute Gasteiger partial charge is 0.257 e. The van der Waals surface area contributed by atoms with Crippen LogP contribution in [0.2, 0.25) is 0 Å². The van der Waals surface area contributed by atoms with Gasteiger partial charge in [0, 0.05) is 22.9 Å². The van der Waals surface area contributed by atoms with E-state index < -0.39 is 0 Å². The molecule has 0 aliphatic heterocycles. The molecule has 3 N–H and O–H groups in total. The number of carbonyl (C=O) groups excluding carboxylic acids is 2. The number of carbonyl (C=O) groups is 2. The molecule has 164 valence electrons. The maximum absolute atomic E-state index is 12.6. The fourth-order valence-corrected chi connectivity index (χ4v) is 3.16. The second-order valence-electron chi connectivity index (χ2n) is 8.21. The molecule has 2 amide bonds. The van der Waals surface area contributed by atoms with E-state index in [2.05, 4.69) is 29.8 Å². The molecule has 0 aromatic heterocycles. The first-order valence-electron chi connectivity index (χ1n) is 10.6. The fourth-order valence-electron chi connectivity index (χ4n) is 2.96. The third-order valence-corrected chi connectivity index (χ3v) is 5.28. The molecule has 0 atom stereocenters. The molecule has 0 radical (unpaired) electrons. The van der Waals surface area contributed by atoms with Gasteiger partial charge in [0.05, 0.1) is 6.61 Å². The number of benzene rings is 2. The van der Waals surface area contributed by atoms with Crippen molar-refractivity contribution in [3.63, 3.8) is 0 Å². The Morgan fingerprint density at radius 2 is 1.77 bits per heavy atom. The van der Waals surface area contributed by atoms with E-state index in [1.54, 1.807) is 18.2 Å². The van der Waals surface area contributed by atoms with Gasteiger partial charge in [-0.1, -0.05) is 26.0 Å². The first-order chi connectivity index (χ1) is 14.8. The summed E-state index contributed by atoms with van der Waals surface area (Å²) in [6, 6.07) is 12.6. The predicted octanol–water partition coefficient (Wildman–Crippen LogP) is 4.90. The Hall–Kier alpha value is -2.93. The van der Waals surface area contributed by atoms with Crippen LogP contribution < -0.4 is 20.7 Å². The van der Waals surface area contributed by atoms with E-state index in [1.807, 2.05) is 31.2 Å². The monoisotopic (exact) mass is 439 g/mol. The first-order valence-corrected chi connectivity index (χ1v) is 11.0. The van der Waals surface area contributed by atoms with Gasteiger partial charge in [-0.2, -0.15) is 0 Å². The molecule has 2 aromatic rings. The molecule has 0 unspecified atom stereocenters. The van der Waals surface area contributed by atoms with E-state index in [4.69, 9.17) is 17.0 Å². The summed E-state index contributed by atoms with van der Waals surface area (Å²) in [6.45, 7) is 6.78. The van der Waals surface area contributed by atoms with E-state index in [-0.39, 0.29) is 22.8 Å². The van der Waals surface area contributed by atoms with Crippen molar-refractivity contribution in [3.05, 3.63) is 53.6 Å². The highest BCUT2D eigenvalue weighted by Gasteiger charge is 2.29. The lowest BCUT2D eigenvalue weighted by molar-refractivity contribution is -0.117. The Bertz CT molecular complexity index is 970. The van der Waals surface area contributed by atoms with Crippen LogP contribution in [0.15, 0.2) is 42.5 Å². The van der Waals surface area contributed by atoms with Crippen LogP contribution in [0.25, 0.3) is 0 Å². The van der Waals surface area contributed by atoms with Gasteiger partial charge in [0.1, 0.15) is 5.75 Å². The summed E-state index contributed by atoms with van der Waals surface area (Å²) in [4.78, 5) is 24.7. The number of rotatable bonds is 8. The summed E-state index contributed by atoms with van der Waals surface area (Å²) in [7, 11) is 0. The number of anilines is 2. The van der Waals surface area contributed by atoms with Crippen molar-refractivity contribution in [1.82, 2.24) is 5.32 Å². The lowest BCUT2D eigenvalue weighted by Crippen LogP contribution is -2.34. The molecule has 0 spiro atoms. The van der Waals surface area contributed by atoms with Gasteiger partial charge in [0.15, 0.2) is 5.11 Å². The predicted molar refractivity (Wildman–Crippen MR) is 128 cm³/mol. The van der Waals surface area contributed by atoms with Gasteiger partial charge in [0.2, 0.25) is 5.91 Å². The molecule has 0 heterocycles. The van der Waals surface area contributed by atoms with Gasteiger partial charge in [-0.25, -0.2) is 0 Å². The number of ether oxygens (including phenoxy) is 1. The van der Waals surface area contributed by atoms with Gasteiger partial charge in [-0.05, 0) is 80.2 Å². The highest BCUT2D eigenvalue weighted by molar-refractivity contribution is 7.80. The highest BCUT2D eigenvalue weighted by Crippen LogP contribution is 2.31. The molecule has 0 saturated heterocycles. The second-order valence-corrected chi connectivity index (χ2v) is 8.62. The molecular formula is C24H29N3O3S. The van der Waals surface area contributed by atoms with Crippen LogP contribution in [0.4, 0.5) is 11.4 Å². The zero-order valence-corrected chi connectivity index (χ0v) is 19.0. The van der Waals surface area contributed by atoms with Crippen LogP contribution in [0.5, 0.6) is 5.75 Å². The topological polar surface area (TPSA) is 79.5 Å². The summed E-state index contributed by atoms with van der Waals surface area (Å²) >= 11 is 5.32. The molecule has 3 rings (SSSR count). The summed E-state index contributed by atoms with van der Waals surface area (Å²) < 4.78 is 5.73. The summed E-state index contributed by atoms with van der Waals surface area (Å²) in [6.07, 6.45) is 2.84. The minimum Gasteiger partial charge on any atom is -0.494 e. The lowest BCUT2D eigenvalue weighted by Gasteiger charge is -2.15. The molecule has 2 aromatic carbocycles. The van der Waals surface area contributed by atoms with E-state index >= 15 is 0 Å². The van der Waals surface area contributed by atoms with Crippen molar-refractivity contribution in [1.29, 1.82) is 0 Å². The van der Waals surface area contributed by atoms with Crippen LogP contribution in [0.3, 0.4) is 0 Å². The van der Waals surface area contributed by atoms with Gasteiger partial charge >= 0.3 is 0 Å². The number of thiocarbonyl (C=S) groups is 1. The molecule has 7 heteroatoms. The Kier molecular flexibility index (Phi) is 7.63. The molecule has 6 nitrogen and oxygen atoms in total. The molecular weight excluding hydrogens is 410 g/mol. The van der Waals surface area contributed by atoms with Gasteiger partial charge < -0.3 is 15.4 Å². The third-order valence-electron chi connectivity index (χ3n) is 5.08. The van der Waals surface area contributed by atoms with Crippen molar-refractivity contribution in [3.8, 4) is 5.75 Å². The van der Waals surface area contributed by atoms with Crippen molar-refractivity contribution >= 4 is 40.5 Å². The van der Waals surface area contributed by atoms with Crippen LogP contribution in [-0.4, -0.2) is 23.5 Å². The Morgan fingerprint density at radius 1 is 1.10 bits per heavy atom. The molecule has 1 aliphatic rings. The molecule has 1 aliphatic carbocycles. The van der Waals surface area contributed by atoms with Crippen molar-refractivity contribution in [2.24, 2.45) is 11.8 Å². The van der Waals surface area contributed by atoms with E-state index in [0.29, 0.717) is 23.8 Å². The highest BCUT2D eigenvalue weighted by atomic mass is 32.1. The largest absolute Gasteiger partial charge is 0.494 e. The van der Waals surface area contributed by atoms with Gasteiger partial charge in [-0.3, -0.25) is 14.9 Å². The SMILES string of the molecule is Cc1c(NC(=O)C2CC2)cccc1NC(=S)NC(=O)c1cccc(OCCC(C)C)c1. The normalized spacial score (nSPS) is 12.9. The van der Waals surface area contributed by atoms with Crippen LogP contribution in [-0.2, 0) is 4.79 Å².